The number of nitrogens with one attached hydrogen (secondary N) is 1. The lowest BCUT2D eigenvalue weighted by molar-refractivity contribution is -0.143. The third-order valence-corrected chi connectivity index (χ3v) is 3.14. The van der Waals surface area contributed by atoms with Crippen LogP contribution in [0.25, 0.3) is 0 Å². The molecule has 0 bridgehead atoms. The van der Waals surface area contributed by atoms with Crippen molar-refractivity contribution in [2.45, 2.75) is 25.5 Å². The molecular formula is C13H15Cl2NO4. The molecule has 0 aliphatic rings. The maximum Gasteiger partial charge on any atom is 0.326 e. The number of benzene rings is 1. The van der Waals surface area contributed by atoms with Gasteiger partial charge in [0, 0.05) is 23.6 Å². The van der Waals surface area contributed by atoms with E-state index in [-0.39, 0.29) is 6.42 Å². The fraction of sp³-hybridized carbons (Fsp3) is 0.385. The number of hydrogen-bond acceptors (Lipinski definition) is 3. The lowest BCUT2D eigenvalue weighted by Gasteiger charge is -2.17. The minimum absolute atomic E-state index is 0.0811. The van der Waals surface area contributed by atoms with E-state index in [0.717, 1.165) is 0 Å². The van der Waals surface area contributed by atoms with E-state index in [4.69, 9.17) is 33.0 Å². The highest BCUT2D eigenvalue weighted by atomic mass is 35.5. The molecule has 2 atom stereocenters. The number of amides is 1. The molecule has 0 saturated carbocycles. The molecule has 20 heavy (non-hydrogen) atoms. The van der Waals surface area contributed by atoms with Gasteiger partial charge in [-0.15, -0.1) is 0 Å². The molecule has 0 aliphatic carbocycles. The summed E-state index contributed by atoms with van der Waals surface area (Å²) in [4.78, 5) is 22.9. The van der Waals surface area contributed by atoms with Crippen molar-refractivity contribution in [3.8, 4) is 0 Å². The molecule has 110 valence electrons. The molecule has 0 aliphatic heterocycles. The predicted molar refractivity (Wildman–Crippen MR) is 76.2 cm³/mol. The number of carbonyl (C=O) groups is 2. The van der Waals surface area contributed by atoms with E-state index < -0.39 is 24.0 Å². The molecule has 0 spiro atoms. The van der Waals surface area contributed by atoms with Gasteiger partial charge in [0.15, 0.2) is 0 Å². The average molecular weight is 320 g/mol. The number of ether oxygens (including phenoxy) is 1. The number of methoxy groups -OCH3 is 1. The second-order valence-electron chi connectivity index (χ2n) is 4.26. The first-order chi connectivity index (χ1) is 9.33. The molecule has 1 aromatic rings. The monoisotopic (exact) mass is 319 g/mol. The van der Waals surface area contributed by atoms with Crippen LogP contribution in [0.2, 0.25) is 10.0 Å². The summed E-state index contributed by atoms with van der Waals surface area (Å²) in [6.07, 6.45) is -0.641. The van der Waals surface area contributed by atoms with E-state index in [1.54, 1.807) is 18.2 Å². The molecule has 0 fully saturated rings. The first-order valence-electron chi connectivity index (χ1n) is 5.84. The molecule has 2 unspecified atom stereocenters. The van der Waals surface area contributed by atoms with Gasteiger partial charge in [-0.2, -0.15) is 0 Å². The van der Waals surface area contributed by atoms with Crippen LogP contribution in [0.5, 0.6) is 0 Å². The molecule has 1 aromatic carbocycles. The summed E-state index contributed by atoms with van der Waals surface area (Å²) in [5.74, 6) is -1.63. The van der Waals surface area contributed by atoms with Crippen LogP contribution in [-0.4, -0.2) is 36.2 Å². The van der Waals surface area contributed by atoms with Gasteiger partial charge < -0.3 is 15.2 Å². The van der Waals surface area contributed by atoms with Crippen molar-refractivity contribution in [3.63, 3.8) is 0 Å². The lowest BCUT2D eigenvalue weighted by atomic mass is 10.1. The van der Waals surface area contributed by atoms with Crippen molar-refractivity contribution in [2.24, 2.45) is 0 Å². The molecule has 1 amide bonds. The SMILES string of the molecule is COC(C)C(=O)NC(Cc1cc(Cl)cc(Cl)c1)C(=O)O. The molecule has 0 aromatic heterocycles. The van der Waals surface area contributed by atoms with Crippen molar-refractivity contribution < 1.29 is 19.4 Å². The highest BCUT2D eigenvalue weighted by Gasteiger charge is 2.23. The summed E-state index contributed by atoms with van der Waals surface area (Å²) in [6, 6.07) is 3.69. The van der Waals surface area contributed by atoms with Crippen LogP contribution >= 0.6 is 23.2 Å². The largest absolute Gasteiger partial charge is 0.480 e. The van der Waals surface area contributed by atoms with Crippen molar-refractivity contribution in [1.29, 1.82) is 0 Å². The smallest absolute Gasteiger partial charge is 0.326 e. The Morgan fingerprint density at radius 1 is 1.30 bits per heavy atom. The Morgan fingerprint density at radius 3 is 2.30 bits per heavy atom. The van der Waals surface area contributed by atoms with Crippen LogP contribution in [0, 0.1) is 0 Å². The van der Waals surface area contributed by atoms with Gasteiger partial charge in [0.05, 0.1) is 0 Å². The Bertz CT molecular complexity index is 487. The molecule has 2 N–H and O–H groups in total. The number of carbonyl (C=O) groups excluding carboxylic acids is 1. The van der Waals surface area contributed by atoms with Crippen molar-refractivity contribution in [3.05, 3.63) is 33.8 Å². The van der Waals surface area contributed by atoms with Crippen LogP contribution in [0.1, 0.15) is 12.5 Å². The van der Waals surface area contributed by atoms with Crippen LogP contribution in [0.15, 0.2) is 18.2 Å². The number of halogens is 2. The van der Waals surface area contributed by atoms with E-state index >= 15 is 0 Å². The quantitative estimate of drug-likeness (QED) is 0.842. The molecule has 5 nitrogen and oxygen atoms in total. The van der Waals surface area contributed by atoms with Gasteiger partial charge >= 0.3 is 5.97 Å². The van der Waals surface area contributed by atoms with Crippen LogP contribution < -0.4 is 5.32 Å². The summed E-state index contributed by atoms with van der Waals surface area (Å²) in [5, 5.41) is 12.4. The van der Waals surface area contributed by atoms with Gasteiger partial charge in [-0.25, -0.2) is 4.79 Å². The first-order valence-corrected chi connectivity index (χ1v) is 6.60. The molecular weight excluding hydrogens is 305 g/mol. The predicted octanol–water partition coefficient (Wildman–Crippen LogP) is 2.14. The summed E-state index contributed by atoms with van der Waals surface area (Å²) >= 11 is 11.7. The average Bonchev–Trinajstić information content (AvgIpc) is 2.35. The number of hydrogen-bond donors (Lipinski definition) is 2. The number of aliphatic carboxylic acids is 1. The van der Waals surface area contributed by atoms with Crippen molar-refractivity contribution >= 4 is 35.1 Å². The van der Waals surface area contributed by atoms with Gasteiger partial charge in [0.1, 0.15) is 12.1 Å². The first kappa shape index (κ1) is 16.8. The minimum Gasteiger partial charge on any atom is -0.480 e. The maximum atomic E-state index is 11.7. The Balaban J connectivity index is 2.82. The Kier molecular flexibility index (Phi) is 6.26. The molecule has 7 heteroatoms. The van der Waals surface area contributed by atoms with E-state index in [9.17, 15) is 9.59 Å². The topological polar surface area (TPSA) is 75.6 Å². The lowest BCUT2D eigenvalue weighted by Crippen LogP contribution is -2.46. The van der Waals surface area contributed by atoms with Crippen molar-refractivity contribution in [2.75, 3.05) is 7.11 Å². The maximum absolute atomic E-state index is 11.7. The molecule has 1 rings (SSSR count). The zero-order valence-corrected chi connectivity index (χ0v) is 12.5. The van der Waals surface area contributed by atoms with Gasteiger partial charge in [0.25, 0.3) is 0 Å². The third kappa shape index (κ3) is 5.00. The summed E-state index contributed by atoms with van der Waals surface area (Å²) in [7, 11) is 1.37. The van der Waals surface area contributed by atoms with E-state index in [1.807, 2.05) is 0 Å². The number of carboxylic acid groups (broad SMARTS) is 1. The minimum atomic E-state index is -1.14. The van der Waals surface area contributed by atoms with Crippen LogP contribution in [-0.2, 0) is 20.7 Å². The van der Waals surface area contributed by atoms with E-state index in [2.05, 4.69) is 5.32 Å². The summed E-state index contributed by atoms with van der Waals surface area (Å²) in [5.41, 5.74) is 0.625. The normalized spacial score (nSPS) is 13.6. The number of carboxylic acids is 1. The highest BCUT2D eigenvalue weighted by molar-refractivity contribution is 6.34. The van der Waals surface area contributed by atoms with Gasteiger partial charge in [-0.05, 0) is 30.7 Å². The van der Waals surface area contributed by atoms with E-state index in [0.29, 0.717) is 15.6 Å². The fourth-order valence-corrected chi connectivity index (χ4v) is 2.13. The van der Waals surface area contributed by atoms with Crippen molar-refractivity contribution in [1.82, 2.24) is 5.32 Å². The molecule has 0 saturated heterocycles. The fourth-order valence-electron chi connectivity index (χ4n) is 1.56. The summed E-state index contributed by atoms with van der Waals surface area (Å²) in [6.45, 7) is 1.53. The Hall–Kier alpha value is -1.30. The van der Waals surface area contributed by atoms with Gasteiger partial charge in [-0.1, -0.05) is 23.2 Å². The standard InChI is InChI=1S/C13H15Cl2NO4/c1-7(20-2)12(17)16-11(13(18)19)5-8-3-9(14)6-10(15)4-8/h3-4,6-7,11H,5H2,1-2H3,(H,16,17)(H,18,19). The van der Waals surface area contributed by atoms with Crippen LogP contribution in [0.4, 0.5) is 0 Å². The summed E-state index contributed by atoms with van der Waals surface area (Å²) < 4.78 is 4.83. The van der Waals surface area contributed by atoms with Gasteiger partial charge in [-0.3, -0.25) is 4.79 Å². The third-order valence-electron chi connectivity index (χ3n) is 2.70. The zero-order valence-electron chi connectivity index (χ0n) is 11.0. The Morgan fingerprint density at radius 2 is 1.85 bits per heavy atom. The molecule has 0 radical (unpaired) electrons. The molecule has 0 heterocycles. The second kappa shape index (κ2) is 7.47. The highest BCUT2D eigenvalue weighted by Crippen LogP contribution is 2.20. The second-order valence-corrected chi connectivity index (χ2v) is 5.13. The van der Waals surface area contributed by atoms with Gasteiger partial charge in [0.2, 0.25) is 5.91 Å². The van der Waals surface area contributed by atoms with Crippen LogP contribution in [0.3, 0.4) is 0 Å². The number of rotatable bonds is 6. The van der Waals surface area contributed by atoms with E-state index in [1.165, 1.54) is 14.0 Å². The zero-order chi connectivity index (χ0) is 15.3. The Labute approximate surface area is 126 Å².